The van der Waals surface area contributed by atoms with Gasteiger partial charge in [-0.3, -0.25) is 13.9 Å². The second-order valence-corrected chi connectivity index (χ2v) is 4.97. The van der Waals surface area contributed by atoms with Gasteiger partial charge in [-0.05, 0) is 6.42 Å². The van der Waals surface area contributed by atoms with Crippen molar-refractivity contribution in [3.05, 3.63) is 20.8 Å². The third-order valence-electron chi connectivity index (χ3n) is 3.48. The number of fused-ring (bicyclic) bond motifs is 1. The largest absolute Gasteiger partial charge is 0.395 e. The number of imidazole rings is 1. The van der Waals surface area contributed by atoms with Crippen molar-refractivity contribution < 1.29 is 5.11 Å². The maximum atomic E-state index is 12.4. The Kier molecular flexibility index (Phi) is 4.46. The molecule has 0 bridgehead atoms. The van der Waals surface area contributed by atoms with E-state index in [0.29, 0.717) is 30.2 Å². The van der Waals surface area contributed by atoms with Crippen LogP contribution in [0.2, 0.25) is 0 Å². The first-order valence-corrected chi connectivity index (χ1v) is 7.03. The predicted molar refractivity (Wildman–Crippen MR) is 80.7 cm³/mol. The fourth-order valence-electron chi connectivity index (χ4n) is 2.28. The quantitative estimate of drug-likeness (QED) is 0.759. The Balaban J connectivity index is 2.74. The van der Waals surface area contributed by atoms with Crippen LogP contribution in [-0.2, 0) is 20.6 Å². The van der Waals surface area contributed by atoms with Gasteiger partial charge in [0.05, 0.1) is 6.61 Å². The summed E-state index contributed by atoms with van der Waals surface area (Å²) in [6, 6.07) is 0. The maximum Gasteiger partial charge on any atom is 0.332 e. The second kappa shape index (κ2) is 6.13. The molecule has 0 saturated carbocycles. The van der Waals surface area contributed by atoms with E-state index in [9.17, 15) is 9.59 Å². The highest BCUT2D eigenvalue weighted by molar-refractivity contribution is 5.74. The minimum absolute atomic E-state index is 0.0338. The summed E-state index contributed by atoms with van der Waals surface area (Å²) in [4.78, 5) is 28.7. The molecular weight excluding hydrogens is 274 g/mol. The summed E-state index contributed by atoms with van der Waals surface area (Å²) in [6.07, 6.45) is 1.87. The number of unbranched alkanes of at least 4 members (excludes halogenated alkanes) is 1. The van der Waals surface area contributed by atoms with Crippen LogP contribution in [0.3, 0.4) is 0 Å². The lowest BCUT2D eigenvalue weighted by atomic mass is 10.3. The van der Waals surface area contributed by atoms with Gasteiger partial charge in [0.15, 0.2) is 11.2 Å². The molecule has 0 aromatic carbocycles. The van der Waals surface area contributed by atoms with Crippen LogP contribution in [0.15, 0.2) is 9.59 Å². The van der Waals surface area contributed by atoms with E-state index in [1.54, 1.807) is 11.6 Å². The van der Waals surface area contributed by atoms with Crippen molar-refractivity contribution in [3.8, 4) is 0 Å². The van der Waals surface area contributed by atoms with E-state index in [4.69, 9.17) is 5.11 Å². The summed E-state index contributed by atoms with van der Waals surface area (Å²) in [7, 11) is 3.05. The molecule has 0 fully saturated rings. The molecule has 8 heteroatoms. The molecular formula is C13H21N5O3. The number of anilines is 1. The molecule has 21 heavy (non-hydrogen) atoms. The molecule has 2 N–H and O–H groups in total. The number of nitrogens with one attached hydrogen (secondary N) is 1. The number of aryl methyl sites for hydroxylation is 2. The van der Waals surface area contributed by atoms with Crippen molar-refractivity contribution in [2.45, 2.75) is 26.3 Å². The monoisotopic (exact) mass is 295 g/mol. The summed E-state index contributed by atoms with van der Waals surface area (Å²) in [5, 5.41) is 11.9. The number of rotatable bonds is 6. The topological polar surface area (TPSA) is 94.1 Å². The Hall–Kier alpha value is -2.09. The number of aliphatic hydroxyl groups excluding tert-OH is 1. The number of hydrogen-bond acceptors (Lipinski definition) is 5. The van der Waals surface area contributed by atoms with Gasteiger partial charge in [0.25, 0.3) is 5.56 Å². The molecule has 0 aliphatic heterocycles. The molecule has 0 spiro atoms. The van der Waals surface area contributed by atoms with Gasteiger partial charge >= 0.3 is 5.69 Å². The predicted octanol–water partition coefficient (Wildman–Crippen LogP) is -0.362. The molecule has 116 valence electrons. The van der Waals surface area contributed by atoms with E-state index in [1.165, 1.54) is 11.6 Å². The average Bonchev–Trinajstić information content (AvgIpc) is 2.85. The van der Waals surface area contributed by atoms with Crippen LogP contribution in [0.1, 0.15) is 19.8 Å². The second-order valence-electron chi connectivity index (χ2n) is 4.97. The maximum absolute atomic E-state index is 12.4. The van der Waals surface area contributed by atoms with Crippen LogP contribution in [0.5, 0.6) is 0 Å². The standard InChI is InChI=1S/C13H21N5O3/c1-4-5-7-18-9-10(15-12(18)14-6-8-19)16(2)13(21)17(3)11(9)20/h19H,4-8H2,1-3H3,(H,14,15). The van der Waals surface area contributed by atoms with Gasteiger partial charge < -0.3 is 15.0 Å². The molecule has 0 radical (unpaired) electrons. The molecule has 0 aliphatic rings. The third-order valence-corrected chi connectivity index (χ3v) is 3.48. The minimum Gasteiger partial charge on any atom is -0.395 e. The van der Waals surface area contributed by atoms with Gasteiger partial charge in [0.1, 0.15) is 0 Å². The first kappa shape index (κ1) is 15.3. The highest BCUT2D eigenvalue weighted by Crippen LogP contribution is 2.16. The Labute approximate surface area is 121 Å². The van der Waals surface area contributed by atoms with Crippen molar-refractivity contribution in [2.75, 3.05) is 18.5 Å². The Bertz CT molecular complexity index is 756. The normalized spacial score (nSPS) is 11.2. The molecule has 2 aromatic rings. The van der Waals surface area contributed by atoms with E-state index in [0.717, 1.165) is 17.4 Å². The molecule has 2 rings (SSSR count). The zero-order valence-electron chi connectivity index (χ0n) is 12.6. The first-order chi connectivity index (χ1) is 10.0. The molecule has 0 unspecified atom stereocenters. The smallest absolute Gasteiger partial charge is 0.332 e. The minimum atomic E-state index is -0.402. The van der Waals surface area contributed by atoms with Gasteiger partial charge in [0, 0.05) is 27.2 Å². The summed E-state index contributed by atoms with van der Waals surface area (Å²) < 4.78 is 4.24. The molecule has 0 saturated heterocycles. The Morgan fingerprint density at radius 1 is 1.24 bits per heavy atom. The SMILES string of the molecule is CCCCn1c(NCCO)nc2c1c(=O)n(C)c(=O)n2C. The third kappa shape index (κ3) is 2.58. The van der Waals surface area contributed by atoms with Gasteiger partial charge in [0.2, 0.25) is 5.95 Å². The lowest BCUT2D eigenvalue weighted by molar-refractivity contribution is 0.310. The summed E-state index contributed by atoms with van der Waals surface area (Å²) in [5.74, 6) is 0.505. The van der Waals surface area contributed by atoms with Crippen molar-refractivity contribution in [3.63, 3.8) is 0 Å². The molecule has 2 heterocycles. The van der Waals surface area contributed by atoms with E-state index in [-0.39, 0.29) is 12.2 Å². The van der Waals surface area contributed by atoms with Crippen LogP contribution in [0, 0.1) is 0 Å². The van der Waals surface area contributed by atoms with Crippen LogP contribution >= 0.6 is 0 Å². The molecule has 0 amide bonds. The van der Waals surface area contributed by atoms with Crippen molar-refractivity contribution in [1.82, 2.24) is 18.7 Å². The lowest BCUT2D eigenvalue weighted by Gasteiger charge is -2.09. The lowest BCUT2D eigenvalue weighted by Crippen LogP contribution is -2.37. The Morgan fingerprint density at radius 2 is 1.95 bits per heavy atom. The molecule has 0 aliphatic carbocycles. The van der Waals surface area contributed by atoms with Gasteiger partial charge in [-0.2, -0.15) is 4.98 Å². The zero-order valence-corrected chi connectivity index (χ0v) is 12.6. The van der Waals surface area contributed by atoms with Gasteiger partial charge in [-0.15, -0.1) is 0 Å². The highest BCUT2D eigenvalue weighted by atomic mass is 16.3. The van der Waals surface area contributed by atoms with E-state index < -0.39 is 5.69 Å². The van der Waals surface area contributed by atoms with E-state index in [2.05, 4.69) is 17.2 Å². The number of nitrogens with zero attached hydrogens (tertiary/aromatic N) is 4. The number of aliphatic hydroxyl groups is 1. The van der Waals surface area contributed by atoms with Crippen molar-refractivity contribution >= 4 is 17.1 Å². The van der Waals surface area contributed by atoms with Gasteiger partial charge in [-0.25, -0.2) is 4.79 Å². The Morgan fingerprint density at radius 3 is 2.57 bits per heavy atom. The van der Waals surface area contributed by atoms with Crippen LogP contribution in [0.25, 0.3) is 11.2 Å². The molecule has 0 atom stereocenters. The van der Waals surface area contributed by atoms with E-state index in [1.807, 2.05) is 0 Å². The van der Waals surface area contributed by atoms with Gasteiger partial charge in [-0.1, -0.05) is 13.3 Å². The van der Waals surface area contributed by atoms with E-state index >= 15 is 0 Å². The van der Waals surface area contributed by atoms with Crippen LogP contribution in [0.4, 0.5) is 5.95 Å². The number of hydrogen-bond donors (Lipinski definition) is 2. The van der Waals surface area contributed by atoms with Crippen LogP contribution < -0.4 is 16.6 Å². The number of aromatic nitrogens is 4. The fraction of sp³-hybridized carbons (Fsp3) is 0.615. The molecule has 8 nitrogen and oxygen atoms in total. The summed E-state index contributed by atoms with van der Waals surface area (Å²) >= 11 is 0. The fourth-order valence-corrected chi connectivity index (χ4v) is 2.28. The first-order valence-electron chi connectivity index (χ1n) is 7.03. The highest BCUT2D eigenvalue weighted by Gasteiger charge is 2.18. The van der Waals surface area contributed by atoms with Crippen molar-refractivity contribution in [2.24, 2.45) is 14.1 Å². The van der Waals surface area contributed by atoms with Crippen molar-refractivity contribution in [1.29, 1.82) is 0 Å². The zero-order chi connectivity index (χ0) is 15.6. The average molecular weight is 295 g/mol. The van der Waals surface area contributed by atoms with Crippen LogP contribution in [-0.4, -0.2) is 36.9 Å². The molecule has 2 aromatic heterocycles. The summed E-state index contributed by atoms with van der Waals surface area (Å²) in [6.45, 7) is 3.00. The summed E-state index contributed by atoms with van der Waals surface area (Å²) in [5.41, 5.74) is 0.0169.